The quantitative estimate of drug-likeness (QED) is 0.538. The highest BCUT2D eigenvalue weighted by molar-refractivity contribution is 6.24. The number of hydrogen-bond acceptors (Lipinski definition) is 6. The van der Waals surface area contributed by atoms with Crippen LogP contribution in [0.1, 0.15) is 20.3 Å². The summed E-state index contributed by atoms with van der Waals surface area (Å²) >= 11 is 0. The molecule has 2 N–H and O–H groups in total. The number of rotatable bonds is 6. The van der Waals surface area contributed by atoms with E-state index >= 15 is 0 Å². The first-order valence-corrected chi connectivity index (χ1v) is 10.9. The van der Waals surface area contributed by atoms with E-state index in [1.807, 2.05) is 67.6 Å². The van der Waals surface area contributed by atoms with Crippen molar-refractivity contribution in [2.45, 2.75) is 20.3 Å². The molecule has 0 spiro atoms. The molecule has 1 heterocycles. The van der Waals surface area contributed by atoms with Crippen molar-refractivity contribution in [3.63, 3.8) is 0 Å². The van der Waals surface area contributed by atoms with Gasteiger partial charge in [-0.05, 0) is 48.4 Å². The van der Waals surface area contributed by atoms with E-state index in [0.29, 0.717) is 23.6 Å². The summed E-state index contributed by atoms with van der Waals surface area (Å²) < 4.78 is 10.9. The molecule has 1 aliphatic heterocycles. The summed E-state index contributed by atoms with van der Waals surface area (Å²) in [5.41, 5.74) is 2.17. The molecular formula is C26H25N3O4. The van der Waals surface area contributed by atoms with Gasteiger partial charge in [-0.1, -0.05) is 49.4 Å². The summed E-state index contributed by atoms with van der Waals surface area (Å²) in [6, 6.07) is 20.9. The maximum atomic E-state index is 12.8. The Balaban J connectivity index is 1.57. The third-order valence-corrected chi connectivity index (χ3v) is 5.14. The highest BCUT2D eigenvalue weighted by Gasteiger charge is 2.27. The minimum atomic E-state index is -0.552. The van der Waals surface area contributed by atoms with Crippen LogP contribution in [-0.2, 0) is 14.3 Å². The van der Waals surface area contributed by atoms with Crippen LogP contribution in [0.15, 0.2) is 83.0 Å². The number of anilines is 1. The summed E-state index contributed by atoms with van der Waals surface area (Å²) in [6.07, 6.45) is 0.519. The molecule has 0 bridgehead atoms. The van der Waals surface area contributed by atoms with E-state index in [4.69, 9.17) is 9.47 Å². The topological polar surface area (TPSA) is 89.0 Å². The molecular weight excluding hydrogens is 418 g/mol. The van der Waals surface area contributed by atoms with Gasteiger partial charge < -0.3 is 20.1 Å². The molecule has 7 nitrogen and oxygen atoms in total. The number of esters is 1. The highest BCUT2D eigenvalue weighted by Crippen LogP contribution is 2.31. The normalized spacial score (nSPS) is 12.8. The Labute approximate surface area is 192 Å². The van der Waals surface area contributed by atoms with Crippen molar-refractivity contribution in [1.82, 2.24) is 5.32 Å². The van der Waals surface area contributed by atoms with Crippen molar-refractivity contribution in [2.75, 3.05) is 18.5 Å². The Morgan fingerprint density at radius 2 is 1.73 bits per heavy atom. The van der Waals surface area contributed by atoms with Crippen LogP contribution in [0.2, 0.25) is 0 Å². The molecule has 0 unspecified atom stereocenters. The van der Waals surface area contributed by atoms with E-state index in [1.165, 1.54) is 0 Å². The average molecular weight is 444 g/mol. The van der Waals surface area contributed by atoms with Crippen molar-refractivity contribution < 1.29 is 19.1 Å². The molecule has 168 valence electrons. The Morgan fingerprint density at radius 1 is 0.970 bits per heavy atom. The van der Waals surface area contributed by atoms with Gasteiger partial charge in [0.25, 0.3) is 5.91 Å². The number of amidine groups is 1. The van der Waals surface area contributed by atoms with E-state index in [9.17, 15) is 9.59 Å². The lowest BCUT2D eigenvalue weighted by molar-refractivity contribution is -0.137. The molecule has 3 aromatic carbocycles. The van der Waals surface area contributed by atoms with Gasteiger partial charge in [0.05, 0.1) is 18.0 Å². The van der Waals surface area contributed by atoms with Gasteiger partial charge >= 0.3 is 5.97 Å². The Morgan fingerprint density at radius 3 is 2.52 bits per heavy atom. The average Bonchev–Trinajstić information content (AvgIpc) is 2.99. The van der Waals surface area contributed by atoms with Crippen LogP contribution in [0.5, 0.6) is 5.75 Å². The molecule has 1 amide bonds. The monoisotopic (exact) mass is 443 g/mol. The zero-order valence-electron chi connectivity index (χ0n) is 18.6. The van der Waals surface area contributed by atoms with Gasteiger partial charge in [0.2, 0.25) is 0 Å². The summed E-state index contributed by atoms with van der Waals surface area (Å²) in [7, 11) is 0. The fourth-order valence-corrected chi connectivity index (χ4v) is 3.57. The Kier molecular flexibility index (Phi) is 6.69. The fraction of sp³-hybridized carbons (Fsp3) is 0.192. The largest absolute Gasteiger partial charge is 0.484 e. The first-order valence-electron chi connectivity index (χ1n) is 10.9. The van der Waals surface area contributed by atoms with Gasteiger partial charge in [0.1, 0.15) is 17.2 Å². The highest BCUT2D eigenvalue weighted by atomic mass is 16.5. The van der Waals surface area contributed by atoms with E-state index in [1.54, 1.807) is 13.0 Å². The van der Waals surface area contributed by atoms with Gasteiger partial charge in [-0.25, -0.2) is 9.79 Å². The molecule has 4 rings (SSSR count). The van der Waals surface area contributed by atoms with Crippen LogP contribution in [0.3, 0.4) is 0 Å². The summed E-state index contributed by atoms with van der Waals surface area (Å²) in [6.45, 7) is 3.62. The number of aliphatic imine (C=N–C) groups is 1. The second-order valence-corrected chi connectivity index (χ2v) is 7.38. The van der Waals surface area contributed by atoms with Crippen LogP contribution in [0.4, 0.5) is 11.4 Å². The van der Waals surface area contributed by atoms with Crippen LogP contribution >= 0.6 is 0 Å². The first-order chi connectivity index (χ1) is 16.1. The van der Waals surface area contributed by atoms with E-state index in [2.05, 4.69) is 15.6 Å². The smallest absolute Gasteiger partial charge is 0.343 e. The van der Waals surface area contributed by atoms with E-state index in [-0.39, 0.29) is 24.6 Å². The summed E-state index contributed by atoms with van der Waals surface area (Å²) in [5, 5.41) is 8.11. The second-order valence-electron chi connectivity index (χ2n) is 7.38. The third-order valence-electron chi connectivity index (χ3n) is 5.14. The van der Waals surface area contributed by atoms with Gasteiger partial charge in [-0.3, -0.25) is 4.79 Å². The molecule has 0 aliphatic carbocycles. The number of para-hydroxylation sites is 2. The number of nitrogens with zero attached hydrogens (tertiary/aromatic N) is 1. The molecule has 33 heavy (non-hydrogen) atoms. The second kappa shape index (κ2) is 9.99. The molecule has 3 aromatic rings. The fourth-order valence-electron chi connectivity index (χ4n) is 3.57. The molecule has 7 heteroatoms. The number of benzene rings is 3. The predicted molar refractivity (Wildman–Crippen MR) is 129 cm³/mol. The van der Waals surface area contributed by atoms with Crippen molar-refractivity contribution in [2.24, 2.45) is 4.99 Å². The van der Waals surface area contributed by atoms with Gasteiger partial charge in [0.15, 0.2) is 6.61 Å². The molecule has 1 aliphatic rings. The first kappa shape index (κ1) is 22.1. The molecule has 0 saturated carbocycles. The number of allylic oxidation sites excluding steroid dienone is 1. The number of amides is 1. The lowest BCUT2D eigenvalue weighted by Crippen LogP contribution is -2.38. The van der Waals surface area contributed by atoms with Crippen molar-refractivity contribution >= 4 is 39.9 Å². The number of carbonyl (C=O) groups excluding carboxylic acids is 2. The third kappa shape index (κ3) is 5.03. The lowest BCUT2D eigenvalue weighted by Gasteiger charge is -2.15. The standard InChI is InChI=1S/C26H25N3O4/c1-3-20-24(26(31)32-4-2)25(28-22-12-8-7-11-21(22)27-20)29-23(30)16-33-19-14-13-17-9-5-6-10-18(17)15-19/h5-15,27H,3-4,16H2,1-2H3,(H,28,29,30). The number of nitrogens with one attached hydrogen (secondary N) is 2. The number of hydrogen-bond donors (Lipinski definition) is 2. The van der Waals surface area contributed by atoms with Crippen LogP contribution < -0.4 is 15.4 Å². The maximum Gasteiger partial charge on any atom is 0.343 e. The lowest BCUT2D eigenvalue weighted by atomic mass is 10.1. The van der Waals surface area contributed by atoms with Gasteiger partial charge in [0, 0.05) is 5.70 Å². The SMILES string of the molecule is CCOC(=O)C1=C(CC)Nc2ccccc2N=C1NC(=O)COc1ccc2ccccc2c1. The molecule has 0 saturated heterocycles. The van der Waals surface area contributed by atoms with Crippen LogP contribution in [-0.4, -0.2) is 30.9 Å². The van der Waals surface area contributed by atoms with E-state index < -0.39 is 11.9 Å². The number of carbonyl (C=O) groups is 2. The number of ether oxygens (including phenoxy) is 2. The van der Waals surface area contributed by atoms with Crippen LogP contribution in [0.25, 0.3) is 10.8 Å². The van der Waals surface area contributed by atoms with Gasteiger partial charge in [-0.15, -0.1) is 0 Å². The zero-order valence-corrected chi connectivity index (χ0v) is 18.6. The Hall–Kier alpha value is -4.13. The molecule has 0 radical (unpaired) electrons. The summed E-state index contributed by atoms with van der Waals surface area (Å²) in [4.78, 5) is 30.1. The molecule has 0 fully saturated rings. The number of fused-ring (bicyclic) bond motifs is 2. The summed E-state index contributed by atoms with van der Waals surface area (Å²) in [5.74, 6) is -0.272. The minimum Gasteiger partial charge on any atom is -0.484 e. The minimum absolute atomic E-state index is 0.134. The Bertz CT molecular complexity index is 1260. The van der Waals surface area contributed by atoms with Crippen molar-refractivity contribution in [1.29, 1.82) is 0 Å². The van der Waals surface area contributed by atoms with E-state index in [0.717, 1.165) is 16.5 Å². The van der Waals surface area contributed by atoms with Crippen LogP contribution in [0, 0.1) is 0 Å². The van der Waals surface area contributed by atoms with Crippen molar-refractivity contribution in [3.05, 3.63) is 78.0 Å². The molecule has 0 aromatic heterocycles. The maximum absolute atomic E-state index is 12.8. The van der Waals surface area contributed by atoms with Gasteiger partial charge in [-0.2, -0.15) is 0 Å². The predicted octanol–water partition coefficient (Wildman–Crippen LogP) is 4.72. The zero-order chi connectivity index (χ0) is 23.2. The molecule has 0 atom stereocenters. The van der Waals surface area contributed by atoms with Crippen molar-refractivity contribution in [3.8, 4) is 5.75 Å².